The zero-order valence-electron chi connectivity index (χ0n) is 15.4. The van der Waals surface area contributed by atoms with Crippen LogP contribution in [0.25, 0.3) is 20.4 Å². The molecule has 0 radical (unpaired) electrons. The summed E-state index contributed by atoms with van der Waals surface area (Å²) in [6.07, 6.45) is 3.73. The van der Waals surface area contributed by atoms with E-state index in [-0.39, 0.29) is 5.78 Å². The summed E-state index contributed by atoms with van der Waals surface area (Å²) in [5, 5.41) is 4.40. The third-order valence-electron chi connectivity index (χ3n) is 4.71. The summed E-state index contributed by atoms with van der Waals surface area (Å²) in [5.74, 6) is 0.868. The van der Waals surface area contributed by atoms with Gasteiger partial charge in [0, 0.05) is 29.3 Å². The molecule has 0 aliphatic heterocycles. The second kappa shape index (κ2) is 7.41. The number of hydrogen-bond acceptors (Lipinski definition) is 6. The first kappa shape index (κ1) is 17.5. The van der Waals surface area contributed by atoms with Crippen LogP contribution in [0.4, 0.5) is 11.5 Å². The lowest BCUT2D eigenvalue weighted by Gasteiger charge is -2.07. The van der Waals surface area contributed by atoms with Crippen molar-refractivity contribution in [2.75, 3.05) is 5.32 Å². The molecule has 2 aromatic carbocycles. The molecule has 5 aromatic rings. The van der Waals surface area contributed by atoms with E-state index in [0.717, 1.165) is 43.1 Å². The molecule has 0 bridgehead atoms. The number of benzene rings is 2. The molecule has 0 amide bonds. The van der Waals surface area contributed by atoms with Gasteiger partial charge in [-0.2, -0.15) is 0 Å². The fourth-order valence-corrected chi connectivity index (χ4v) is 4.30. The van der Waals surface area contributed by atoms with E-state index in [1.165, 1.54) is 0 Å². The number of aromatic nitrogens is 3. The van der Waals surface area contributed by atoms with Gasteiger partial charge in [-0.25, -0.2) is 15.0 Å². The molecule has 0 saturated carbocycles. The van der Waals surface area contributed by atoms with Gasteiger partial charge in [0.05, 0.1) is 10.2 Å². The summed E-state index contributed by atoms with van der Waals surface area (Å²) in [5.41, 5.74) is 3.52. The number of rotatable bonds is 5. The van der Waals surface area contributed by atoms with Crippen LogP contribution in [-0.2, 0) is 6.42 Å². The minimum atomic E-state index is 0.113. The standard InChI is InChI=1S/C23H16N4OS/c28-19(16-5-2-1-3-6-16)13-15-8-10-17(11-9-15)27-22-21-20(25-14-26-22)18-7-4-12-24-23(18)29-21/h1-12,14H,13H2,(H,25,26,27). The smallest absolute Gasteiger partial charge is 0.167 e. The SMILES string of the molecule is O=C(Cc1ccc(Nc2ncnc3c2sc2ncccc23)cc1)c1ccccc1. The Hall–Kier alpha value is -3.64. The largest absolute Gasteiger partial charge is 0.339 e. The third-order valence-corrected chi connectivity index (χ3v) is 5.82. The maximum Gasteiger partial charge on any atom is 0.167 e. The lowest BCUT2D eigenvalue weighted by molar-refractivity contribution is 0.0993. The highest BCUT2D eigenvalue weighted by molar-refractivity contribution is 7.25. The van der Waals surface area contributed by atoms with Crippen LogP contribution in [0, 0.1) is 0 Å². The van der Waals surface area contributed by atoms with E-state index < -0.39 is 0 Å². The number of thiophene rings is 1. The Morgan fingerprint density at radius 3 is 2.55 bits per heavy atom. The van der Waals surface area contributed by atoms with Crippen molar-refractivity contribution in [2.24, 2.45) is 0 Å². The van der Waals surface area contributed by atoms with Gasteiger partial charge in [-0.1, -0.05) is 42.5 Å². The van der Waals surface area contributed by atoms with Crippen molar-refractivity contribution < 1.29 is 4.79 Å². The number of nitrogens with zero attached hydrogens (tertiary/aromatic N) is 3. The number of hydrogen-bond donors (Lipinski definition) is 1. The second-order valence-corrected chi connectivity index (χ2v) is 7.65. The predicted octanol–water partition coefficient (Wildman–Crippen LogP) is 5.41. The Balaban J connectivity index is 1.38. The molecule has 0 aliphatic rings. The topological polar surface area (TPSA) is 67.8 Å². The number of nitrogens with one attached hydrogen (secondary N) is 1. The minimum Gasteiger partial charge on any atom is -0.339 e. The molecule has 0 atom stereocenters. The van der Waals surface area contributed by atoms with E-state index in [4.69, 9.17) is 0 Å². The minimum absolute atomic E-state index is 0.113. The maximum absolute atomic E-state index is 12.4. The second-order valence-electron chi connectivity index (χ2n) is 6.65. The summed E-state index contributed by atoms with van der Waals surface area (Å²) in [6.45, 7) is 0. The van der Waals surface area contributed by atoms with Gasteiger partial charge < -0.3 is 5.32 Å². The molecule has 0 unspecified atom stereocenters. The number of fused-ring (bicyclic) bond motifs is 3. The number of anilines is 2. The lowest BCUT2D eigenvalue weighted by atomic mass is 10.0. The first-order chi connectivity index (χ1) is 14.3. The van der Waals surface area contributed by atoms with Crippen LogP contribution in [0.2, 0.25) is 0 Å². The van der Waals surface area contributed by atoms with Crippen LogP contribution >= 0.6 is 11.3 Å². The van der Waals surface area contributed by atoms with Crippen molar-refractivity contribution >= 4 is 49.1 Å². The average molecular weight is 396 g/mol. The molecule has 0 fully saturated rings. The monoisotopic (exact) mass is 396 g/mol. The van der Waals surface area contributed by atoms with Crippen molar-refractivity contribution in [3.63, 3.8) is 0 Å². The summed E-state index contributed by atoms with van der Waals surface area (Å²) < 4.78 is 0.976. The molecule has 6 heteroatoms. The third kappa shape index (κ3) is 3.46. The highest BCUT2D eigenvalue weighted by Gasteiger charge is 2.12. The van der Waals surface area contributed by atoms with E-state index in [2.05, 4.69) is 20.3 Å². The highest BCUT2D eigenvalue weighted by Crippen LogP contribution is 2.35. The molecule has 0 spiro atoms. The van der Waals surface area contributed by atoms with Gasteiger partial charge in [-0.3, -0.25) is 4.79 Å². The molecule has 5 rings (SSSR count). The number of carbonyl (C=O) groups excluding carboxylic acids is 1. The fraction of sp³-hybridized carbons (Fsp3) is 0.0435. The first-order valence-corrected chi connectivity index (χ1v) is 10.0. The van der Waals surface area contributed by atoms with Gasteiger partial charge in [-0.15, -0.1) is 11.3 Å². The summed E-state index contributed by atoms with van der Waals surface area (Å²) in [7, 11) is 0. The van der Waals surface area contributed by atoms with Crippen molar-refractivity contribution in [2.45, 2.75) is 6.42 Å². The number of ketones is 1. The van der Waals surface area contributed by atoms with Crippen molar-refractivity contribution in [3.05, 3.63) is 90.4 Å². The van der Waals surface area contributed by atoms with E-state index in [9.17, 15) is 4.79 Å². The summed E-state index contributed by atoms with van der Waals surface area (Å²) >= 11 is 1.57. The zero-order valence-corrected chi connectivity index (χ0v) is 16.2. The highest BCUT2D eigenvalue weighted by atomic mass is 32.1. The molecule has 0 aliphatic carbocycles. The van der Waals surface area contributed by atoms with E-state index in [1.807, 2.05) is 66.7 Å². The lowest BCUT2D eigenvalue weighted by Crippen LogP contribution is -2.03. The van der Waals surface area contributed by atoms with Gasteiger partial charge in [0.1, 0.15) is 11.2 Å². The number of Topliss-reactive ketones (excluding diaryl/α,β-unsaturated/α-hetero) is 1. The molecule has 3 heterocycles. The van der Waals surface area contributed by atoms with Crippen LogP contribution in [-0.4, -0.2) is 20.7 Å². The van der Waals surface area contributed by atoms with Crippen molar-refractivity contribution in [1.29, 1.82) is 0 Å². The summed E-state index contributed by atoms with van der Waals surface area (Å²) in [6, 6.07) is 21.2. The molecule has 140 valence electrons. The molecule has 1 N–H and O–H groups in total. The number of carbonyl (C=O) groups is 1. The predicted molar refractivity (Wildman–Crippen MR) is 117 cm³/mol. The van der Waals surface area contributed by atoms with Crippen LogP contribution < -0.4 is 5.32 Å². The Bertz CT molecular complexity index is 1310. The Morgan fingerprint density at radius 2 is 1.72 bits per heavy atom. The van der Waals surface area contributed by atoms with E-state index in [1.54, 1.807) is 23.9 Å². The van der Waals surface area contributed by atoms with E-state index >= 15 is 0 Å². The molecule has 29 heavy (non-hydrogen) atoms. The Kier molecular flexibility index (Phi) is 4.46. The quantitative estimate of drug-likeness (QED) is 0.402. The fourth-order valence-electron chi connectivity index (χ4n) is 3.25. The maximum atomic E-state index is 12.4. The molecular weight excluding hydrogens is 380 g/mol. The molecular formula is C23H16N4OS. The molecule has 0 saturated heterocycles. The van der Waals surface area contributed by atoms with Gasteiger partial charge in [-0.05, 0) is 29.8 Å². The van der Waals surface area contributed by atoms with Gasteiger partial charge in [0.2, 0.25) is 0 Å². The van der Waals surface area contributed by atoms with Crippen molar-refractivity contribution in [1.82, 2.24) is 15.0 Å². The molecule has 5 nitrogen and oxygen atoms in total. The van der Waals surface area contributed by atoms with Crippen LogP contribution in [0.15, 0.2) is 79.3 Å². The molecule has 3 aromatic heterocycles. The zero-order chi connectivity index (χ0) is 19.6. The number of pyridine rings is 1. The van der Waals surface area contributed by atoms with E-state index in [0.29, 0.717) is 6.42 Å². The van der Waals surface area contributed by atoms with Gasteiger partial charge >= 0.3 is 0 Å². The Labute approximate surface area is 171 Å². The van der Waals surface area contributed by atoms with Crippen LogP contribution in [0.1, 0.15) is 15.9 Å². The van der Waals surface area contributed by atoms with Crippen LogP contribution in [0.5, 0.6) is 0 Å². The first-order valence-electron chi connectivity index (χ1n) is 9.20. The normalized spacial score (nSPS) is 11.0. The van der Waals surface area contributed by atoms with Crippen molar-refractivity contribution in [3.8, 4) is 0 Å². The summed E-state index contributed by atoms with van der Waals surface area (Å²) in [4.78, 5) is 26.6. The van der Waals surface area contributed by atoms with Crippen LogP contribution in [0.3, 0.4) is 0 Å². The van der Waals surface area contributed by atoms with Gasteiger partial charge in [0.25, 0.3) is 0 Å². The Morgan fingerprint density at radius 1 is 0.897 bits per heavy atom. The average Bonchev–Trinajstić information content (AvgIpc) is 3.16. The van der Waals surface area contributed by atoms with Gasteiger partial charge in [0.15, 0.2) is 11.6 Å².